The summed E-state index contributed by atoms with van der Waals surface area (Å²) in [5.74, 6) is 0.679. The minimum absolute atomic E-state index is 0.0429. The van der Waals surface area contributed by atoms with Gasteiger partial charge in [-0.2, -0.15) is 0 Å². The minimum atomic E-state index is -0.483. The Morgan fingerprint density at radius 1 is 0.708 bits per heavy atom. The first-order valence-corrected chi connectivity index (χ1v) is 9.33. The van der Waals surface area contributed by atoms with Crippen molar-refractivity contribution in [1.82, 2.24) is 10.6 Å². The van der Waals surface area contributed by atoms with Crippen LogP contribution in [-0.2, 0) is 9.59 Å². The molecular weight excluding hydrogens is 300 g/mol. The predicted octanol–water partition coefficient (Wildman–Crippen LogP) is 3.24. The van der Waals surface area contributed by atoms with Crippen LogP contribution in [0.1, 0.15) is 81.1 Å². The molecule has 4 heteroatoms. The van der Waals surface area contributed by atoms with Gasteiger partial charge in [-0.15, -0.1) is 0 Å². The van der Waals surface area contributed by atoms with E-state index in [9.17, 15) is 9.59 Å². The van der Waals surface area contributed by atoms with Gasteiger partial charge in [0.2, 0.25) is 0 Å². The SMILES string of the molecule is CC1(C)CC(CCC2CC(C)(C)NC(C)(C)C2=O)C(=O)C(C)(C)N1. The summed E-state index contributed by atoms with van der Waals surface area (Å²) in [6.45, 7) is 16.6. The molecule has 2 unspecified atom stereocenters. The van der Waals surface area contributed by atoms with Gasteiger partial charge >= 0.3 is 0 Å². The fraction of sp³-hybridized carbons (Fsp3) is 0.900. The van der Waals surface area contributed by atoms with E-state index in [1.54, 1.807) is 0 Å². The minimum Gasteiger partial charge on any atom is -0.300 e. The van der Waals surface area contributed by atoms with Gasteiger partial charge in [-0.05, 0) is 81.1 Å². The number of carbonyl (C=O) groups is 2. The maximum atomic E-state index is 12.8. The standard InChI is InChI=1S/C20H36N2O2/c1-17(2)11-13(15(23)19(5,6)21-17)9-10-14-12-18(3,4)22-20(7,8)16(14)24/h13-14,21-22H,9-12H2,1-8H3. The van der Waals surface area contributed by atoms with E-state index in [1.807, 2.05) is 27.7 Å². The van der Waals surface area contributed by atoms with Gasteiger partial charge in [0.05, 0.1) is 11.1 Å². The average Bonchev–Trinajstić information content (AvgIpc) is 2.34. The van der Waals surface area contributed by atoms with Crippen LogP contribution in [0.3, 0.4) is 0 Å². The molecule has 24 heavy (non-hydrogen) atoms. The summed E-state index contributed by atoms with van der Waals surface area (Å²) < 4.78 is 0. The number of rotatable bonds is 3. The highest BCUT2D eigenvalue weighted by Gasteiger charge is 2.47. The Hall–Kier alpha value is -0.740. The molecule has 2 aliphatic rings. The smallest absolute Gasteiger partial charge is 0.155 e. The molecule has 0 aromatic rings. The van der Waals surface area contributed by atoms with Crippen LogP contribution < -0.4 is 10.6 Å². The number of piperidine rings is 2. The van der Waals surface area contributed by atoms with E-state index in [2.05, 4.69) is 38.3 Å². The van der Waals surface area contributed by atoms with Crippen molar-refractivity contribution in [2.45, 2.75) is 103 Å². The lowest BCUT2D eigenvalue weighted by Gasteiger charge is -2.47. The van der Waals surface area contributed by atoms with Crippen molar-refractivity contribution >= 4 is 11.6 Å². The van der Waals surface area contributed by atoms with Gasteiger partial charge < -0.3 is 10.6 Å². The molecule has 0 aliphatic carbocycles. The van der Waals surface area contributed by atoms with Gasteiger partial charge in [0.25, 0.3) is 0 Å². The number of hydrogen-bond acceptors (Lipinski definition) is 4. The van der Waals surface area contributed by atoms with Gasteiger partial charge in [0.1, 0.15) is 0 Å². The molecule has 138 valence electrons. The number of hydrogen-bond donors (Lipinski definition) is 2. The van der Waals surface area contributed by atoms with Gasteiger partial charge in [-0.3, -0.25) is 9.59 Å². The molecule has 2 heterocycles. The van der Waals surface area contributed by atoms with E-state index >= 15 is 0 Å². The summed E-state index contributed by atoms with van der Waals surface area (Å²) in [4.78, 5) is 25.6. The molecule has 2 rings (SSSR count). The van der Waals surface area contributed by atoms with E-state index in [-0.39, 0.29) is 22.9 Å². The molecule has 2 fully saturated rings. The van der Waals surface area contributed by atoms with Crippen LogP contribution >= 0.6 is 0 Å². The first-order chi connectivity index (χ1) is 10.7. The van der Waals surface area contributed by atoms with Gasteiger partial charge in [-0.1, -0.05) is 0 Å². The molecule has 0 amide bonds. The Morgan fingerprint density at radius 3 is 1.29 bits per heavy atom. The van der Waals surface area contributed by atoms with Crippen molar-refractivity contribution in [3.8, 4) is 0 Å². The van der Waals surface area contributed by atoms with Crippen molar-refractivity contribution in [2.24, 2.45) is 11.8 Å². The average molecular weight is 337 g/mol. The molecule has 0 bridgehead atoms. The molecule has 2 atom stereocenters. The van der Waals surface area contributed by atoms with Crippen molar-refractivity contribution < 1.29 is 9.59 Å². The van der Waals surface area contributed by atoms with Crippen molar-refractivity contribution in [3.05, 3.63) is 0 Å². The molecule has 0 aromatic carbocycles. The summed E-state index contributed by atoms with van der Waals surface area (Å²) >= 11 is 0. The summed E-state index contributed by atoms with van der Waals surface area (Å²) in [6.07, 6.45) is 3.33. The summed E-state index contributed by atoms with van der Waals surface area (Å²) in [7, 11) is 0. The third-order valence-electron chi connectivity index (χ3n) is 5.65. The second-order valence-electron chi connectivity index (χ2n) is 10.4. The van der Waals surface area contributed by atoms with Crippen molar-refractivity contribution in [2.75, 3.05) is 0 Å². The molecule has 0 saturated carbocycles. The first kappa shape index (κ1) is 19.6. The maximum Gasteiger partial charge on any atom is 0.155 e. The van der Waals surface area contributed by atoms with E-state index in [4.69, 9.17) is 0 Å². The van der Waals surface area contributed by atoms with Crippen LogP contribution in [0.4, 0.5) is 0 Å². The Kier molecular flexibility index (Phi) is 4.82. The Balaban J connectivity index is 2.09. The second kappa shape index (κ2) is 5.91. The fourth-order valence-corrected chi connectivity index (χ4v) is 5.22. The van der Waals surface area contributed by atoms with Crippen molar-refractivity contribution in [1.29, 1.82) is 0 Å². The highest BCUT2D eigenvalue weighted by atomic mass is 16.1. The van der Waals surface area contributed by atoms with E-state index in [0.717, 1.165) is 25.7 Å². The summed E-state index contributed by atoms with van der Waals surface area (Å²) in [5.41, 5.74) is -1.05. The third kappa shape index (κ3) is 4.08. The molecule has 2 saturated heterocycles. The Morgan fingerprint density at radius 2 is 1.00 bits per heavy atom. The highest BCUT2D eigenvalue weighted by molar-refractivity contribution is 5.92. The zero-order valence-corrected chi connectivity index (χ0v) is 16.8. The third-order valence-corrected chi connectivity index (χ3v) is 5.65. The maximum absolute atomic E-state index is 12.8. The lowest BCUT2D eigenvalue weighted by molar-refractivity contribution is -0.136. The Bertz CT molecular complexity index is 484. The number of ketones is 2. The zero-order chi connectivity index (χ0) is 18.6. The first-order valence-electron chi connectivity index (χ1n) is 9.33. The molecule has 0 radical (unpaired) electrons. The zero-order valence-electron chi connectivity index (χ0n) is 16.8. The van der Waals surface area contributed by atoms with Gasteiger partial charge in [0.15, 0.2) is 11.6 Å². The highest BCUT2D eigenvalue weighted by Crippen LogP contribution is 2.37. The largest absolute Gasteiger partial charge is 0.300 e. The van der Waals surface area contributed by atoms with Gasteiger partial charge in [0, 0.05) is 22.9 Å². The normalized spacial score (nSPS) is 34.2. The molecule has 4 nitrogen and oxygen atoms in total. The molecule has 0 spiro atoms. The predicted molar refractivity (Wildman–Crippen MR) is 98.0 cm³/mol. The molecular formula is C20H36N2O2. The lowest BCUT2D eigenvalue weighted by atomic mass is 9.69. The van der Waals surface area contributed by atoms with Gasteiger partial charge in [-0.25, -0.2) is 0 Å². The number of carbonyl (C=O) groups excluding carboxylic acids is 2. The van der Waals surface area contributed by atoms with E-state index in [1.165, 1.54) is 0 Å². The van der Waals surface area contributed by atoms with Crippen LogP contribution in [0, 0.1) is 11.8 Å². The fourth-order valence-electron chi connectivity index (χ4n) is 5.22. The van der Waals surface area contributed by atoms with Crippen LogP contribution in [0.2, 0.25) is 0 Å². The second-order valence-corrected chi connectivity index (χ2v) is 10.4. The van der Waals surface area contributed by atoms with Crippen molar-refractivity contribution in [3.63, 3.8) is 0 Å². The monoisotopic (exact) mass is 336 g/mol. The quantitative estimate of drug-likeness (QED) is 0.831. The number of nitrogens with one attached hydrogen (secondary N) is 2. The van der Waals surface area contributed by atoms with Crippen LogP contribution in [0.15, 0.2) is 0 Å². The van der Waals surface area contributed by atoms with Crippen LogP contribution in [0.5, 0.6) is 0 Å². The molecule has 0 aromatic heterocycles. The van der Waals surface area contributed by atoms with E-state index in [0.29, 0.717) is 11.6 Å². The van der Waals surface area contributed by atoms with E-state index < -0.39 is 11.1 Å². The topological polar surface area (TPSA) is 58.2 Å². The van der Waals surface area contributed by atoms with Crippen LogP contribution in [-0.4, -0.2) is 33.7 Å². The summed E-state index contributed by atoms with van der Waals surface area (Å²) in [5, 5.41) is 6.92. The number of Topliss-reactive ketones (excluding diaryl/α,β-unsaturated/α-hetero) is 2. The molecule has 2 aliphatic heterocycles. The lowest BCUT2D eigenvalue weighted by Crippen LogP contribution is -2.64. The van der Waals surface area contributed by atoms with Crippen LogP contribution in [0.25, 0.3) is 0 Å². The molecule has 2 N–H and O–H groups in total. The summed E-state index contributed by atoms with van der Waals surface area (Å²) in [6, 6.07) is 0. The Labute approximate surface area is 147 Å².